The molecule has 0 unspecified atom stereocenters. The van der Waals surface area contributed by atoms with Crippen molar-refractivity contribution >= 4 is 11.8 Å². The Bertz CT molecular complexity index is 781. The Morgan fingerprint density at radius 2 is 1.31 bits per heavy atom. The van der Waals surface area contributed by atoms with Crippen LogP contribution in [0.3, 0.4) is 0 Å². The fraction of sp³-hybridized carbons (Fsp3) is 0.222. The lowest BCUT2D eigenvalue weighted by atomic mass is 10.1. The van der Waals surface area contributed by atoms with Gasteiger partial charge in [0, 0.05) is 11.1 Å². The molecule has 8 nitrogen and oxygen atoms in total. The van der Waals surface area contributed by atoms with Crippen molar-refractivity contribution in [2.45, 2.75) is 0 Å². The Hall–Kier alpha value is -3.42. The zero-order valence-corrected chi connectivity index (χ0v) is 14.9. The van der Waals surface area contributed by atoms with E-state index in [0.29, 0.717) is 28.6 Å². The van der Waals surface area contributed by atoms with E-state index < -0.39 is 11.8 Å². The van der Waals surface area contributed by atoms with E-state index in [0.717, 1.165) is 0 Å². The summed E-state index contributed by atoms with van der Waals surface area (Å²) in [4.78, 5) is 24.5. The van der Waals surface area contributed by atoms with E-state index in [1.807, 2.05) is 0 Å². The third kappa shape index (κ3) is 4.15. The number of amides is 2. The summed E-state index contributed by atoms with van der Waals surface area (Å²) in [6.45, 7) is 0. The molecule has 0 atom stereocenters. The number of hydrogen-bond donors (Lipinski definition) is 2. The SMILES string of the molecule is COc1cccc(C(=O)NNC(=O)c2cc(OC)c(OC)c(OC)c2)c1. The summed E-state index contributed by atoms with van der Waals surface area (Å²) in [5.74, 6) is 0.540. The average Bonchev–Trinajstić information content (AvgIpc) is 2.70. The maximum Gasteiger partial charge on any atom is 0.269 e. The van der Waals surface area contributed by atoms with E-state index in [2.05, 4.69) is 10.9 Å². The Labute approximate surface area is 151 Å². The lowest BCUT2D eigenvalue weighted by Gasteiger charge is -2.14. The van der Waals surface area contributed by atoms with Gasteiger partial charge in [-0.1, -0.05) is 6.07 Å². The van der Waals surface area contributed by atoms with Gasteiger partial charge in [0.2, 0.25) is 5.75 Å². The average molecular weight is 360 g/mol. The van der Waals surface area contributed by atoms with Crippen molar-refractivity contribution in [3.05, 3.63) is 47.5 Å². The van der Waals surface area contributed by atoms with Gasteiger partial charge in [0.05, 0.1) is 28.4 Å². The van der Waals surface area contributed by atoms with Crippen molar-refractivity contribution in [1.82, 2.24) is 10.9 Å². The second-order valence-corrected chi connectivity index (χ2v) is 5.05. The van der Waals surface area contributed by atoms with Crippen LogP contribution in [-0.4, -0.2) is 40.3 Å². The monoisotopic (exact) mass is 360 g/mol. The summed E-state index contributed by atoms with van der Waals surface area (Å²) in [5.41, 5.74) is 5.26. The quantitative estimate of drug-likeness (QED) is 0.763. The normalized spacial score (nSPS) is 9.85. The van der Waals surface area contributed by atoms with Crippen molar-refractivity contribution in [3.63, 3.8) is 0 Å². The highest BCUT2D eigenvalue weighted by molar-refractivity contribution is 5.99. The van der Waals surface area contributed by atoms with Crippen LogP contribution < -0.4 is 29.8 Å². The van der Waals surface area contributed by atoms with E-state index in [-0.39, 0.29) is 5.56 Å². The number of ether oxygens (including phenoxy) is 4. The van der Waals surface area contributed by atoms with Crippen LogP contribution in [0.1, 0.15) is 20.7 Å². The summed E-state index contributed by atoms with van der Waals surface area (Å²) in [6, 6.07) is 9.51. The van der Waals surface area contributed by atoms with Gasteiger partial charge in [0.25, 0.3) is 11.8 Å². The molecule has 0 heterocycles. The van der Waals surface area contributed by atoms with Crippen molar-refractivity contribution in [2.75, 3.05) is 28.4 Å². The topological polar surface area (TPSA) is 95.1 Å². The minimum Gasteiger partial charge on any atom is -0.497 e. The Kier molecular flexibility index (Phi) is 6.26. The van der Waals surface area contributed by atoms with Gasteiger partial charge in [-0.3, -0.25) is 20.4 Å². The molecule has 0 saturated carbocycles. The third-order valence-electron chi connectivity index (χ3n) is 3.55. The number of carbonyl (C=O) groups is 2. The Morgan fingerprint density at radius 3 is 1.81 bits per heavy atom. The molecule has 8 heteroatoms. The predicted molar refractivity (Wildman–Crippen MR) is 94.0 cm³/mol. The number of nitrogens with one attached hydrogen (secondary N) is 2. The fourth-order valence-corrected chi connectivity index (χ4v) is 2.23. The highest BCUT2D eigenvalue weighted by atomic mass is 16.5. The maximum absolute atomic E-state index is 12.3. The van der Waals surface area contributed by atoms with Crippen LogP contribution in [0, 0.1) is 0 Å². The summed E-state index contributed by atoms with van der Waals surface area (Å²) < 4.78 is 20.7. The van der Waals surface area contributed by atoms with Crippen molar-refractivity contribution in [2.24, 2.45) is 0 Å². The Morgan fingerprint density at radius 1 is 0.731 bits per heavy atom. The minimum absolute atomic E-state index is 0.227. The number of rotatable bonds is 6. The molecule has 0 saturated heterocycles. The molecular weight excluding hydrogens is 340 g/mol. The molecule has 0 aliphatic rings. The van der Waals surface area contributed by atoms with Crippen molar-refractivity contribution in [3.8, 4) is 23.0 Å². The summed E-state index contributed by atoms with van der Waals surface area (Å²) in [5, 5.41) is 0. The lowest BCUT2D eigenvalue weighted by molar-refractivity contribution is 0.0846. The smallest absolute Gasteiger partial charge is 0.269 e. The number of hydrazine groups is 1. The van der Waals surface area contributed by atoms with Gasteiger partial charge in [0.15, 0.2) is 11.5 Å². The first-order valence-electron chi connectivity index (χ1n) is 7.58. The molecule has 2 N–H and O–H groups in total. The van der Waals surface area contributed by atoms with Crippen LogP contribution in [0.5, 0.6) is 23.0 Å². The predicted octanol–water partition coefficient (Wildman–Crippen LogP) is 1.80. The molecule has 2 aromatic carbocycles. The van der Waals surface area contributed by atoms with E-state index >= 15 is 0 Å². The van der Waals surface area contributed by atoms with E-state index in [1.54, 1.807) is 24.3 Å². The van der Waals surface area contributed by atoms with Crippen LogP contribution in [-0.2, 0) is 0 Å². The van der Waals surface area contributed by atoms with E-state index in [4.69, 9.17) is 18.9 Å². The van der Waals surface area contributed by atoms with Crippen molar-refractivity contribution < 1.29 is 28.5 Å². The molecule has 0 spiro atoms. The molecule has 0 aliphatic heterocycles. The first-order chi connectivity index (χ1) is 12.5. The minimum atomic E-state index is -0.541. The van der Waals surface area contributed by atoms with Crippen molar-refractivity contribution in [1.29, 1.82) is 0 Å². The standard InChI is InChI=1S/C18H20N2O6/c1-23-13-7-5-6-11(8-13)17(21)19-20-18(22)12-9-14(24-2)16(26-4)15(10-12)25-3/h5-10H,1-4H3,(H,19,21)(H,20,22). The van der Waals surface area contributed by atoms with Gasteiger partial charge in [0.1, 0.15) is 5.75 Å². The summed E-state index contributed by atoms with van der Waals surface area (Å²) >= 11 is 0. The van der Waals surface area contributed by atoms with Crippen LogP contribution in [0.2, 0.25) is 0 Å². The van der Waals surface area contributed by atoms with Gasteiger partial charge in [-0.05, 0) is 30.3 Å². The zero-order chi connectivity index (χ0) is 19.1. The second-order valence-electron chi connectivity index (χ2n) is 5.05. The Balaban J connectivity index is 2.13. The molecule has 0 fully saturated rings. The number of methoxy groups -OCH3 is 4. The molecule has 0 bridgehead atoms. The number of hydrogen-bond acceptors (Lipinski definition) is 6. The van der Waals surface area contributed by atoms with Gasteiger partial charge in [-0.2, -0.15) is 0 Å². The third-order valence-corrected chi connectivity index (χ3v) is 3.55. The molecule has 2 amide bonds. The molecule has 0 aliphatic carbocycles. The van der Waals surface area contributed by atoms with E-state index in [9.17, 15) is 9.59 Å². The highest BCUT2D eigenvalue weighted by Crippen LogP contribution is 2.38. The van der Waals surface area contributed by atoms with E-state index in [1.165, 1.54) is 40.6 Å². The summed E-state index contributed by atoms with van der Waals surface area (Å²) in [6.07, 6.45) is 0. The van der Waals surface area contributed by atoms with Gasteiger partial charge in [-0.25, -0.2) is 0 Å². The van der Waals surface area contributed by atoms with Gasteiger partial charge in [-0.15, -0.1) is 0 Å². The second kappa shape index (κ2) is 8.61. The maximum atomic E-state index is 12.3. The van der Waals surface area contributed by atoms with Crippen LogP contribution >= 0.6 is 0 Å². The number of carbonyl (C=O) groups excluding carboxylic acids is 2. The number of benzene rings is 2. The van der Waals surface area contributed by atoms with Crippen LogP contribution in [0.15, 0.2) is 36.4 Å². The molecule has 2 rings (SSSR count). The van der Waals surface area contributed by atoms with Crippen LogP contribution in [0.25, 0.3) is 0 Å². The lowest BCUT2D eigenvalue weighted by Crippen LogP contribution is -2.41. The first kappa shape index (κ1) is 18.9. The fourth-order valence-electron chi connectivity index (χ4n) is 2.23. The van der Waals surface area contributed by atoms with Crippen LogP contribution in [0.4, 0.5) is 0 Å². The summed E-state index contributed by atoms with van der Waals surface area (Å²) in [7, 11) is 5.87. The highest BCUT2D eigenvalue weighted by Gasteiger charge is 2.17. The largest absolute Gasteiger partial charge is 0.497 e. The van der Waals surface area contributed by atoms with Gasteiger partial charge < -0.3 is 18.9 Å². The first-order valence-corrected chi connectivity index (χ1v) is 7.58. The molecule has 26 heavy (non-hydrogen) atoms. The molecule has 0 radical (unpaired) electrons. The molecular formula is C18H20N2O6. The van der Waals surface area contributed by atoms with Gasteiger partial charge >= 0.3 is 0 Å². The molecule has 138 valence electrons. The molecule has 0 aromatic heterocycles. The molecule has 2 aromatic rings. The zero-order valence-electron chi connectivity index (χ0n) is 14.9.